The minimum Gasteiger partial charge on any atom is -0.333 e. The lowest BCUT2D eigenvalue weighted by atomic mass is 9.84. The average molecular weight is 276 g/mol. The predicted molar refractivity (Wildman–Crippen MR) is 75.2 cm³/mol. The molecular weight excluding hydrogens is 255 g/mol. The van der Waals surface area contributed by atoms with Crippen molar-refractivity contribution in [2.24, 2.45) is 11.7 Å². The number of benzene rings is 1. The SMILES string of the molecule is NC(C(=O)N1Cc2ccc(F)cc2C1)C1CCCCC1. The van der Waals surface area contributed by atoms with Gasteiger partial charge >= 0.3 is 0 Å². The third-order valence-electron chi connectivity index (χ3n) is 4.65. The molecule has 0 bridgehead atoms. The summed E-state index contributed by atoms with van der Waals surface area (Å²) in [5.74, 6) is 0.0971. The van der Waals surface area contributed by atoms with Crippen molar-refractivity contribution in [1.82, 2.24) is 4.90 Å². The number of carbonyl (C=O) groups is 1. The number of hydrogen-bond donors (Lipinski definition) is 1. The lowest BCUT2D eigenvalue weighted by Crippen LogP contribution is -2.46. The second kappa shape index (κ2) is 5.52. The zero-order valence-corrected chi connectivity index (χ0v) is 11.6. The number of nitrogens with two attached hydrogens (primary N) is 1. The summed E-state index contributed by atoms with van der Waals surface area (Å²) in [4.78, 5) is 14.3. The molecule has 2 aliphatic rings. The molecule has 20 heavy (non-hydrogen) atoms. The second-order valence-corrected chi connectivity index (χ2v) is 6.03. The van der Waals surface area contributed by atoms with E-state index in [9.17, 15) is 9.18 Å². The van der Waals surface area contributed by atoms with Gasteiger partial charge in [-0.3, -0.25) is 4.79 Å². The highest BCUT2D eigenvalue weighted by Gasteiger charge is 2.32. The number of rotatable bonds is 2. The average Bonchev–Trinajstić information content (AvgIpc) is 2.89. The lowest BCUT2D eigenvalue weighted by Gasteiger charge is -2.29. The van der Waals surface area contributed by atoms with Crippen molar-refractivity contribution in [3.8, 4) is 0 Å². The summed E-state index contributed by atoms with van der Waals surface area (Å²) in [6, 6.07) is 4.35. The Labute approximate surface area is 118 Å². The highest BCUT2D eigenvalue weighted by atomic mass is 19.1. The minimum atomic E-state index is -0.394. The smallest absolute Gasteiger partial charge is 0.240 e. The van der Waals surface area contributed by atoms with Crippen LogP contribution in [0.4, 0.5) is 4.39 Å². The Morgan fingerprint density at radius 1 is 1.20 bits per heavy atom. The molecule has 1 saturated carbocycles. The molecule has 0 spiro atoms. The first-order valence-electron chi connectivity index (χ1n) is 7.47. The number of amides is 1. The molecule has 1 aromatic carbocycles. The first-order chi connectivity index (χ1) is 9.65. The van der Waals surface area contributed by atoms with Crippen LogP contribution in [0.5, 0.6) is 0 Å². The van der Waals surface area contributed by atoms with E-state index in [-0.39, 0.29) is 11.7 Å². The topological polar surface area (TPSA) is 46.3 Å². The first-order valence-corrected chi connectivity index (χ1v) is 7.47. The Hall–Kier alpha value is -1.42. The van der Waals surface area contributed by atoms with Crippen molar-refractivity contribution in [3.63, 3.8) is 0 Å². The van der Waals surface area contributed by atoms with Crippen LogP contribution in [0.25, 0.3) is 0 Å². The molecule has 1 aliphatic heterocycles. The fourth-order valence-corrected chi connectivity index (χ4v) is 3.42. The van der Waals surface area contributed by atoms with Crippen molar-refractivity contribution in [2.75, 3.05) is 0 Å². The quantitative estimate of drug-likeness (QED) is 0.902. The van der Waals surface area contributed by atoms with E-state index in [0.717, 1.165) is 24.0 Å². The van der Waals surface area contributed by atoms with Crippen molar-refractivity contribution >= 4 is 5.91 Å². The molecule has 2 N–H and O–H groups in total. The lowest BCUT2D eigenvalue weighted by molar-refractivity contribution is -0.134. The van der Waals surface area contributed by atoms with Gasteiger partial charge in [0.15, 0.2) is 0 Å². The summed E-state index contributed by atoms with van der Waals surface area (Å²) >= 11 is 0. The molecule has 1 amide bonds. The van der Waals surface area contributed by atoms with Gasteiger partial charge in [0, 0.05) is 13.1 Å². The number of fused-ring (bicyclic) bond motifs is 1. The van der Waals surface area contributed by atoms with Crippen molar-refractivity contribution in [3.05, 3.63) is 35.1 Å². The van der Waals surface area contributed by atoms with Crippen LogP contribution < -0.4 is 5.73 Å². The van der Waals surface area contributed by atoms with Gasteiger partial charge in [0.1, 0.15) is 5.82 Å². The summed E-state index contributed by atoms with van der Waals surface area (Å²) in [6.07, 6.45) is 5.73. The van der Waals surface area contributed by atoms with Crippen molar-refractivity contribution < 1.29 is 9.18 Å². The summed E-state index contributed by atoms with van der Waals surface area (Å²) in [6.45, 7) is 1.06. The van der Waals surface area contributed by atoms with Crippen molar-refractivity contribution in [1.29, 1.82) is 0 Å². The Morgan fingerprint density at radius 2 is 1.90 bits per heavy atom. The summed E-state index contributed by atoms with van der Waals surface area (Å²) in [5.41, 5.74) is 8.12. The molecule has 0 aromatic heterocycles. The zero-order chi connectivity index (χ0) is 14.1. The third kappa shape index (κ3) is 2.57. The standard InChI is InChI=1S/C16H21FN2O/c17-14-7-6-12-9-19(10-13(12)8-14)16(20)15(18)11-4-2-1-3-5-11/h6-8,11,15H,1-5,9-10,18H2. The molecule has 0 saturated heterocycles. The van der Waals surface area contributed by atoms with Crippen LogP contribution in [-0.4, -0.2) is 16.8 Å². The number of halogens is 1. The summed E-state index contributed by atoms with van der Waals surface area (Å²) in [5, 5.41) is 0. The fraction of sp³-hybridized carbons (Fsp3) is 0.562. The highest BCUT2D eigenvalue weighted by molar-refractivity contribution is 5.82. The van der Waals surface area contributed by atoms with Crippen LogP contribution in [0.1, 0.15) is 43.2 Å². The Morgan fingerprint density at radius 3 is 2.65 bits per heavy atom. The normalized spacial score (nSPS) is 20.8. The molecule has 0 radical (unpaired) electrons. The monoisotopic (exact) mass is 276 g/mol. The summed E-state index contributed by atoms with van der Waals surface area (Å²) < 4.78 is 13.2. The molecule has 3 nitrogen and oxygen atoms in total. The van der Waals surface area contributed by atoms with Gasteiger partial charge in [-0.1, -0.05) is 25.3 Å². The van der Waals surface area contributed by atoms with Crippen LogP contribution in [0.15, 0.2) is 18.2 Å². The fourth-order valence-electron chi connectivity index (χ4n) is 3.42. The Kier molecular flexibility index (Phi) is 3.74. The summed E-state index contributed by atoms with van der Waals surface area (Å²) in [7, 11) is 0. The third-order valence-corrected chi connectivity index (χ3v) is 4.65. The highest BCUT2D eigenvalue weighted by Crippen LogP contribution is 2.29. The molecule has 1 unspecified atom stereocenters. The second-order valence-electron chi connectivity index (χ2n) is 6.03. The van der Waals surface area contributed by atoms with Crippen molar-refractivity contribution in [2.45, 2.75) is 51.2 Å². The van der Waals surface area contributed by atoms with Crippen LogP contribution in [-0.2, 0) is 17.9 Å². The predicted octanol–water partition coefficient (Wildman–Crippen LogP) is 2.58. The van der Waals surface area contributed by atoms with Gasteiger partial charge in [-0.2, -0.15) is 0 Å². The largest absolute Gasteiger partial charge is 0.333 e. The van der Waals surface area contributed by atoms with Crippen LogP contribution in [0, 0.1) is 11.7 Å². The van der Waals surface area contributed by atoms with Crippen LogP contribution >= 0.6 is 0 Å². The molecule has 1 atom stereocenters. The molecular formula is C16H21FN2O. The molecule has 1 heterocycles. The van der Waals surface area contributed by atoms with E-state index >= 15 is 0 Å². The number of nitrogens with zero attached hydrogens (tertiary/aromatic N) is 1. The molecule has 1 fully saturated rings. The van der Waals surface area contributed by atoms with Gasteiger partial charge in [0.25, 0.3) is 0 Å². The maximum Gasteiger partial charge on any atom is 0.240 e. The molecule has 1 aliphatic carbocycles. The van der Waals surface area contributed by atoms with E-state index < -0.39 is 6.04 Å². The van der Waals surface area contributed by atoms with Crippen LogP contribution in [0.2, 0.25) is 0 Å². The maximum atomic E-state index is 13.2. The van der Waals surface area contributed by atoms with E-state index in [1.165, 1.54) is 31.4 Å². The zero-order valence-electron chi connectivity index (χ0n) is 11.6. The molecule has 4 heteroatoms. The Balaban J connectivity index is 1.67. The van der Waals surface area contributed by atoms with Gasteiger partial charge < -0.3 is 10.6 Å². The van der Waals surface area contributed by atoms with E-state index in [2.05, 4.69) is 0 Å². The van der Waals surface area contributed by atoms with Gasteiger partial charge in [-0.25, -0.2) is 4.39 Å². The van der Waals surface area contributed by atoms with Gasteiger partial charge in [-0.05, 0) is 42.0 Å². The van der Waals surface area contributed by atoms with Gasteiger partial charge in [-0.15, -0.1) is 0 Å². The number of hydrogen-bond acceptors (Lipinski definition) is 2. The van der Waals surface area contributed by atoms with Crippen LogP contribution in [0.3, 0.4) is 0 Å². The Bertz CT molecular complexity index is 511. The van der Waals surface area contributed by atoms with Gasteiger partial charge in [0.2, 0.25) is 5.91 Å². The number of carbonyl (C=O) groups excluding carboxylic acids is 1. The molecule has 108 valence electrons. The van der Waals surface area contributed by atoms with E-state index in [1.54, 1.807) is 11.0 Å². The van der Waals surface area contributed by atoms with E-state index in [1.807, 2.05) is 0 Å². The maximum absolute atomic E-state index is 13.2. The minimum absolute atomic E-state index is 0.0218. The molecule has 3 rings (SSSR count). The van der Waals surface area contributed by atoms with Gasteiger partial charge in [0.05, 0.1) is 6.04 Å². The van der Waals surface area contributed by atoms with E-state index in [0.29, 0.717) is 19.0 Å². The first kappa shape index (κ1) is 13.6. The van der Waals surface area contributed by atoms with E-state index in [4.69, 9.17) is 5.73 Å². The molecule has 1 aromatic rings.